The van der Waals surface area contributed by atoms with Crippen molar-refractivity contribution in [2.24, 2.45) is 5.73 Å². The molecule has 2 N–H and O–H groups in total. The van der Waals surface area contributed by atoms with Crippen molar-refractivity contribution >= 4 is 17.4 Å². The van der Waals surface area contributed by atoms with E-state index < -0.39 is 0 Å². The highest BCUT2D eigenvalue weighted by molar-refractivity contribution is 7.03. The molecule has 1 amide bonds. The average Bonchev–Trinajstić information content (AvgIpc) is 2.72. The first-order valence-electron chi connectivity index (χ1n) is 4.09. The molecule has 1 aromatic rings. The molecule has 0 bridgehead atoms. The van der Waals surface area contributed by atoms with E-state index in [0.29, 0.717) is 12.2 Å². The minimum Gasteiger partial charge on any atom is -0.336 e. The summed E-state index contributed by atoms with van der Waals surface area (Å²) >= 11 is 1.19. The molecule has 1 saturated heterocycles. The molecule has 70 valence electrons. The highest BCUT2D eigenvalue weighted by Gasteiger charge is 2.25. The van der Waals surface area contributed by atoms with E-state index in [4.69, 9.17) is 5.73 Å². The van der Waals surface area contributed by atoms with E-state index in [0.717, 1.165) is 13.0 Å². The van der Waals surface area contributed by atoms with Gasteiger partial charge in [-0.25, -0.2) is 0 Å². The van der Waals surface area contributed by atoms with Crippen molar-refractivity contribution < 1.29 is 4.79 Å². The van der Waals surface area contributed by atoms with E-state index >= 15 is 0 Å². The minimum atomic E-state index is -0.0540. The highest BCUT2D eigenvalue weighted by Crippen LogP contribution is 2.11. The molecule has 0 saturated carbocycles. The van der Waals surface area contributed by atoms with Gasteiger partial charge >= 0.3 is 0 Å². The number of rotatable bonds is 1. The van der Waals surface area contributed by atoms with Crippen LogP contribution in [-0.2, 0) is 0 Å². The fourth-order valence-electron chi connectivity index (χ4n) is 1.39. The molecule has 5 nitrogen and oxygen atoms in total. The number of likely N-dealkylation sites (tertiary alicyclic amines) is 1. The third-order valence-corrected chi connectivity index (χ3v) is 2.60. The second-order valence-electron chi connectivity index (χ2n) is 3.09. The van der Waals surface area contributed by atoms with Crippen molar-refractivity contribution in [1.29, 1.82) is 0 Å². The normalized spacial score (nSPS) is 22.2. The lowest BCUT2D eigenvalue weighted by atomic mass is 10.3. The van der Waals surface area contributed by atoms with Crippen LogP contribution in [0.1, 0.15) is 16.9 Å². The molecule has 0 aliphatic carbocycles. The number of hydrogen-bond acceptors (Lipinski definition) is 5. The number of hydrogen-bond donors (Lipinski definition) is 1. The molecule has 2 heterocycles. The van der Waals surface area contributed by atoms with Crippen LogP contribution < -0.4 is 5.73 Å². The Hall–Kier alpha value is -1.01. The van der Waals surface area contributed by atoms with Gasteiger partial charge in [0.05, 0.1) is 0 Å². The van der Waals surface area contributed by atoms with E-state index in [1.54, 1.807) is 10.3 Å². The first kappa shape index (κ1) is 8.58. The van der Waals surface area contributed by atoms with Crippen LogP contribution in [0.25, 0.3) is 0 Å². The fraction of sp³-hybridized carbons (Fsp3) is 0.571. The molecule has 0 spiro atoms. The molecule has 0 unspecified atom stereocenters. The van der Waals surface area contributed by atoms with E-state index in [2.05, 4.69) is 9.59 Å². The minimum absolute atomic E-state index is 0.0540. The van der Waals surface area contributed by atoms with Crippen LogP contribution in [-0.4, -0.2) is 39.5 Å². The van der Waals surface area contributed by atoms with Crippen LogP contribution >= 0.6 is 11.5 Å². The first-order valence-corrected chi connectivity index (χ1v) is 4.93. The Bertz CT molecular complexity index is 299. The van der Waals surface area contributed by atoms with E-state index in [1.807, 2.05) is 0 Å². The zero-order chi connectivity index (χ0) is 9.26. The van der Waals surface area contributed by atoms with Crippen LogP contribution in [0.3, 0.4) is 0 Å². The number of carbonyl (C=O) groups excluding carboxylic acids is 1. The lowest BCUT2D eigenvalue weighted by Gasteiger charge is -2.13. The topological polar surface area (TPSA) is 72.1 Å². The Morgan fingerprint density at radius 3 is 3.15 bits per heavy atom. The second-order valence-corrected chi connectivity index (χ2v) is 3.70. The molecule has 0 radical (unpaired) electrons. The molecular formula is C7H10N4OS. The molecule has 0 aromatic carbocycles. The van der Waals surface area contributed by atoms with Gasteiger partial charge in [0.2, 0.25) is 0 Å². The molecule has 1 atom stereocenters. The Labute approximate surface area is 79.7 Å². The van der Waals surface area contributed by atoms with E-state index in [1.165, 1.54) is 11.5 Å². The zero-order valence-corrected chi connectivity index (χ0v) is 7.83. The molecular weight excluding hydrogens is 188 g/mol. The van der Waals surface area contributed by atoms with Crippen LogP contribution in [0.15, 0.2) is 5.38 Å². The van der Waals surface area contributed by atoms with Crippen molar-refractivity contribution in [3.05, 3.63) is 11.1 Å². The zero-order valence-electron chi connectivity index (χ0n) is 7.01. The summed E-state index contributed by atoms with van der Waals surface area (Å²) in [6.07, 6.45) is 0.878. The molecule has 1 aliphatic rings. The lowest BCUT2D eigenvalue weighted by molar-refractivity contribution is 0.0785. The summed E-state index contributed by atoms with van der Waals surface area (Å²) in [6.45, 7) is 1.37. The number of aromatic nitrogens is 2. The number of nitrogens with two attached hydrogens (primary N) is 1. The van der Waals surface area contributed by atoms with Crippen molar-refractivity contribution in [3.8, 4) is 0 Å². The predicted molar refractivity (Wildman–Crippen MR) is 48.4 cm³/mol. The Morgan fingerprint density at radius 2 is 2.62 bits per heavy atom. The summed E-state index contributed by atoms with van der Waals surface area (Å²) in [5.74, 6) is -0.0540. The van der Waals surface area contributed by atoms with Gasteiger partial charge in [0, 0.05) is 24.5 Å². The van der Waals surface area contributed by atoms with Gasteiger partial charge in [0.25, 0.3) is 5.91 Å². The maximum Gasteiger partial charge on any atom is 0.275 e. The van der Waals surface area contributed by atoms with Crippen LogP contribution in [0.2, 0.25) is 0 Å². The monoisotopic (exact) mass is 198 g/mol. The van der Waals surface area contributed by atoms with Gasteiger partial charge in [-0.1, -0.05) is 4.49 Å². The summed E-state index contributed by atoms with van der Waals surface area (Å²) in [4.78, 5) is 13.4. The largest absolute Gasteiger partial charge is 0.336 e. The van der Waals surface area contributed by atoms with Gasteiger partial charge in [0.1, 0.15) is 0 Å². The van der Waals surface area contributed by atoms with E-state index in [9.17, 15) is 4.79 Å². The van der Waals surface area contributed by atoms with E-state index in [-0.39, 0.29) is 11.9 Å². The Balaban J connectivity index is 2.06. The molecule has 1 fully saturated rings. The van der Waals surface area contributed by atoms with Gasteiger partial charge in [-0.15, -0.1) is 5.10 Å². The van der Waals surface area contributed by atoms with Crippen LogP contribution in [0, 0.1) is 0 Å². The maximum absolute atomic E-state index is 11.6. The van der Waals surface area contributed by atoms with Crippen LogP contribution in [0.4, 0.5) is 0 Å². The van der Waals surface area contributed by atoms with Crippen molar-refractivity contribution in [3.63, 3.8) is 0 Å². The maximum atomic E-state index is 11.6. The smallest absolute Gasteiger partial charge is 0.275 e. The summed E-state index contributed by atoms with van der Waals surface area (Å²) < 4.78 is 3.65. The fourth-order valence-corrected chi connectivity index (χ4v) is 1.82. The summed E-state index contributed by atoms with van der Waals surface area (Å²) in [6, 6.07) is 0.121. The Morgan fingerprint density at radius 1 is 1.77 bits per heavy atom. The van der Waals surface area contributed by atoms with Crippen molar-refractivity contribution in [2.75, 3.05) is 13.1 Å². The van der Waals surface area contributed by atoms with Crippen molar-refractivity contribution in [2.45, 2.75) is 12.5 Å². The highest BCUT2D eigenvalue weighted by atomic mass is 32.1. The summed E-state index contributed by atoms with van der Waals surface area (Å²) in [5.41, 5.74) is 6.12. The summed E-state index contributed by atoms with van der Waals surface area (Å²) in [5, 5.41) is 5.38. The van der Waals surface area contributed by atoms with Crippen molar-refractivity contribution in [1.82, 2.24) is 14.5 Å². The lowest BCUT2D eigenvalue weighted by Crippen LogP contribution is -2.32. The molecule has 2 rings (SSSR count). The number of amides is 1. The van der Waals surface area contributed by atoms with Gasteiger partial charge in [-0.3, -0.25) is 4.79 Å². The standard InChI is InChI=1S/C7H10N4OS/c8-5-1-2-11(3-5)7(12)6-4-13-10-9-6/h4-5H,1-3,8H2/t5-/m1/s1. The van der Waals surface area contributed by atoms with Gasteiger partial charge in [-0.2, -0.15) is 0 Å². The molecule has 6 heteroatoms. The molecule has 13 heavy (non-hydrogen) atoms. The van der Waals surface area contributed by atoms with Gasteiger partial charge < -0.3 is 10.6 Å². The quantitative estimate of drug-likeness (QED) is 0.673. The third-order valence-electron chi connectivity index (χ3n) is 2.09. The van der Waals surface area contributed by atoms with Crippen LogP contribution in [0.5, 0.6) is 0 Å². The molecule has 1 aliphatic heterocycles. The Kier molecular flexibility index (Phi) is 2.24. The second kappa shape index (κ2) is 3.39. The van der Waals surface area contributed by atoms with Gasteiger partial charge in [-0.05, 0) is 18.0 Å². The molecule has 1 aromatic heterocycles. The number of carbonyl (C=O) groups is 1. The summed E-state index contributed by atoms with van der Waals surface area (Å²) in [7, 11) is 0. The van der Waals surface area contributed by atoms with Gasteiger partial charge in [0.15, 0.2) is 5.69 Å². The number of nitrogens with zero attached hydrogens (tertiary/aromatic N) is 3. The first-order chi connectivity index (χ1) is 6.27. The third kappa shape index (κ3) is 1.68. The predicted octanol–water partition coefficient (Wildman–Crippen LogP) is -0.289. The average molecular weight is 198 g/mol. The SMILES string of the molecule is N[C@@H]1CCN(C(=O)c2csnn2)C1.